The zero-order valence-electron chi connectivity index (χ0n) is 22.6. The molecule has 4 N–H and O–H groups in total. The molecule has 41 heavy (non-hydrogen) atoms. The normalized spacial score (nSPS) is 19.3. The van der Waals surface area contributed by atoms with Crippen LogP contribution in [0.25, 0.3) is 0 Å². The molecule has 3 aliphatic rings. The Bertz CT molecular complexity index is 1390. The average molecular weight is 565 g/mol. The van der Waals surface area contributed by atoms with Gasteiger partial charge in [0.05, 0.1) is 32.9 Å². The van der Waals surface area contributed by atoms with Crippen LogP contribution in [0.5, 0.6) is 0 Å². The number of benzene rings is 2. The second kappa shape index (κ2) is 12.0. The number of aliphatic hydroxyl groups excluding tert-OH is 1. The molecule has 4 amide bonds. The predicted molar refractivity (Wildman–Crippen MR) is 148 cm³/mol. The molecule has 13 heteroatoms. The summed E-state index contributed by atoms with van der Waals surface area (Å²) in [4.78, 5) is 60.3. The van der Waals surface area contributed by atoms with Crippen molar-refractivity contribution in [2.75, 3.05) is 63.3 Å². The van der Waals surface area contributed by atoms with E-state index in [1.165, 1.54) is 9.80 Å². The number of amidine groups is 1. The predicted octanol–water partition coefficient (Wildman–Crippen LogP) is -0.432. The summed E-state index contributed by atoms with van der Waals surface area (Å²) in [6.07, 6.45) is -3.22. The van der Waals surface area contributed by atoms with E-state index >= 15 is 0 Å². The fourth-order valence-corrected chi connectivity index (χ4v) is 4.96. The number of carbonyl (C=O) groups is 4. The number of aliphatic imine (C=N–C) groups is 1. The van der Waals surface area contributed by atoms with Gasteiger partial charge in [0.2, 0.25) is 5.91 Å². The molecule has 2 atom stereocenters. The third-order valence-electron chi connectivity index (χ3n) is 7.23. The summed E-state index contributed by atoms with van der Waals surface area (Å²) in [6, 6.07) is 11.5. The van der Waals surface area contributed by atoms with Crippen LogP contribution in [0.4, 0.5) is 11.4 Å². The van der Waals surface area contributed by atoms with Gasteiger partial charge in [-0.15, -0.1) is 0 Å². The molecule has 0 aromatic heterocycles. The van der Waals surface area contributed by atoms with Gasteiger partial charge >= 0.3 is 0 Å². The summed E-state index contributed by atoms with van der Waals surface area (Å²) in [6.45, 7) is 2.45. The lowest BCUT2D eigenvalue weighted by Crippen LogP contribution is -2.55. The van der Waals surface area contributed by atoms with Gasteiger partial charge in [0.25, 0.3) is 17.7 Å². The number of ether oxygens (including phenoxy) is 2. The number of rotatable bonds is 7. The number of nitrogens with one attached hydrogen (secondary N) is 1. The standard InChI is InChI=1S/C28H32N6O7/c1-32(16-22(35)33-7-10-40-11-8-33)27(38)17-3-2-4-20(14-17)34-9-12-41-24(28(34)39)23(36)26(37)31-19-5-6-21-18(13-19)15-30-25(21)29/h2-6,13-14,23-24,36H,7-12,15-16H2,1H3,(H2,29,30)(H,31,37)/t23-,24-/m1/s1. The molecule has 2 fully saturated rings. The van der Waals surface area contributed by atoms with Gasteiger partial charge < -0.3 is 40.3 Å². The first-order valence-corrected chi connectivity index (χ1v) is 13.3. The van der Waals surface area contributed by atoms with Crippen molar-refractivity contribution in [3.05, 3.63) is 59.2 Å². The van der Waals surface area contributed by atoms with E-state index in [4.69, 9.17) is 15.2 Å². The van der Waals surface area contributed by atoms with Gasteiger partial charge in [-0.2, -0.15) is 0 Å². The smallest absolute Gasteiger partial charge is 0.259 e. The number of likely N-dealkylation sites (N-methyl/N-ethyl adjacent to an activating group) is 1. The van der Waals surface area contributed by atoms with Crippen molar-refractivity contribution >= 4 is 40.8 Å². The number of fused-ring (bicyclic) bond motifs is 1. The van der Waals surface area contributed by atoms with Crippen molar-refractivity contribution in [2.45, 2.75) is 18.8 Å². The number of carbonyl (C=O) groups excluding carboxylic acids is 4. The summed E-state index contributed by atoms with van der Waals surface area (Å²) < 4.78 is 10.8. The molecule has 5 rings (SSSR count). The molecule has 216 valence electrons. The van der Waals surface area contributed by atoms with Crippen LogP contribution in [0, 0.1) is 0 Å². The van der Waals surface area contributed by atoms with E-state index in [0.717, 1.165) is 11.1 Å². The SMILES string of the molecule is CN(CC(=O)N1CCOCC1)C(=O)c1cccc(N2CCO[C@H]([C@@H](O)C(=O)Nc3ccc4c(c3)CN=C4N)C2=O)c1. The molecule has 0 saturated carbocycles. The average Bonchev–Trinajstić information content (AvgIpc) is 3.36. The van der Waals surface area contributed by atoms with Crippen LogP contribution in [0.15, 0.2) is 47.5 Å². The van der Waals surface area contributed by atoms with Gasteiger partial charge in [-0.25, -0.2) is 0 Å². The molecule has 0 bridgehead atoms. The van der Waals surface area contributed by atoms with E-state index in [2.05, 4.69) is 10.3 Å². The number of anilines is 2. The van der Waals surface area contributed by atoms with Gasteiger partial charge in [0.15, 0.2) is 12.2 Å². The minimum absolute atomic E-state index is 0.0718. The Morgan fingerprint density at radius 3 is 2.71 bits per heavy atom. The van der Waals surface area contributed by atoms with Crippen molar-refractivity contribution in [3.8, 4) is 0 Å². The van der Waals surface area contributed by atoms with Gasteiger partial charge in [-0.05, 0) is 42.0 Å². The fourth-order valence-electron chi connectivity index (χ4n) is 4.96. The first-order chi connectivity index (χ1) is 19.7. The van der Waals surface area contributed by atoms with Crippen LogP contribution >= 0.6 is 0 Å². The third kappa shape index (κ3) is 6.06. The molecular formula is C28H32N6O7. The lowest BCUT2D eigenvalue weighted by molar-refractivity contribution is -0.150. The number of nitrogens with zero attached hydrogens (tertiary/aromatic N) is 4. The zero-order valence-corrected chi connectivity index (χ0v) is 22.6. The minimum Gasteiger partial charge on any atom is -0.383 e. The third-order valence-corrected chi connectivity index (χ3v) is 7.23. The largest absolute Gasteiger partial charge is 0.383 e. The molecule has 2 saturated heterocycles. The molecule has 0 radical (unpaired) electrons. The van der Waals surface area contributed by atoms with Crippen molar-refractivity contribution < 1.29 is 33.8 Å². The highest BCUT2D eigenvalue weighted by Crippen LogP contribution is 2.24. The van der Waals surface area contributed by atoms with Crippen molar-refractivity contribution in [3.63, 3.8) is 0 Å². The van der Waals surface area contributed by atoms with Crippen LogP contribution < -0.4 is 16.0 Å². The zero-order chi connectivity index (χ0) is 29.1. The first-order valence-electron chi connectivity index (χ1n) is 13.3. The number of nitrogens with two attached hydrogens (primary N) is 1. The first kappa shape index (κ1) is 28.2. The van der Waals surface area contributed by atoms with Crippen molar-refractivity contribution in [1.82, 2.24) is 9.80 Å². The van der Waals surface area contributed by atoms with E-state index in [1.807, 2.05) is 0 Å². The van der Waals surface area contributed by atoms with Crippen LogP contribution in [0.3, 0.4) is 0 Å². The summed E-state index contributed by atoms with van der Waals surface area (Å²) in [5.41, 5.74) is 8.59. The van der Waals surface area contributed by atoms with Crippen LogP contribution in [0.1, 0.15) is 21.5 Å². The van der Waals surface area contributed by atoms with E-state index in [1.54, 1.807) is 54.4 Å². The molecule has 2 aromatic rings. The Kier molecular flexibility index (Phi) is 8.28. The van der Waals surface area contributed by atoms with E-state index in [9.17, 15) is 24.3 Å². The Balaban J connectivity index is 1.23. The number of morpholine rings is 2. The summed E-state index contributed by atoms with van der Waals surface area (Å²) >= 11 is 0. The lowest BCUT2D eigenvalue weighted by Gasteiger charge is -2.34. The summed E-state index contributed by atoms with van der Waals surface area (Å²) in [5, 5.41) is 13.4. The monoisotopic (exact) mass is 564 g/mol. The van der Waals surface area contributed by atoms with Gasteiger partial charge in [-0.3, -0.25) is 24.2 Å². The maximum absolute atomic E-state index is 13.3. The number of hydrogen-bond donors (Lipinski definition) is 3. The molecule has 0 aliphatic carbocycles. The molecular weight excluding hydrogens is 532 g/mol. The van der Waals surface area contributed by atoms with Crippen molar-refractivity contribution in [2.24, 2.45) is 10.7 Å². The Morgan fingerprint density at radius 2 is 1.93 bits per heavy atom. The van der Waals surface area contributed by atoms with Crippen LogP contribution in [-0.4, -0.2) is 110 Å². The maximum atomic E-state index is 13.3. The van der Waals surface area contributed by atoms with E-state index in [-0.39, 0.29) is 37.1 Å². The summed E-state index contributed by atoms with van der Waals surface area (Å²) in [5.74, 6) is -1.54. The summed E-state index contributed by atoms with van der Waals surface area (Å²) in [7, 11) is 1.54. The second-order valence-corrected chi connectivity index (χ2v) is 9.99. The Labute approximate surface area is 236 Å². The lowest BCUT2D eigenvalue weighted by atomic mass is 10.1. The number of aliphatic hydroxyl groups is 1. The highest BCUT2D eigenvalue weighted by molar-refractivity contribution is 6.05. The topological polar surface area (TPSA) is 167 Å². The number of amides is 4. The molecule has 0 spiro atoms. The molecule has 2 aromatic carbocycles. The molecule has 3 heterocycles. The highest BCUT2D eigenvalue weighted by Gasteiger charge is 2.39. The second-order valence-electron chi connectivity index (χ2n) is 9.99. The Hall–Kier alpha value is -4.33. The Morgan fingerprint density at radius 1 is 1.15 bits per heavy atom. The van der Waals surface area contributed by atoms with Gasteiger partial charge in [0, 0.05) is 49.2 Å². The molecule has 13 nitrogen and oxygen atoms in total. The van der Waals surface area contributed by atoms with Crippen LogP contribution in [-0.2, 0) is 30.4 Å². The van der Waals surface area contributed by atoms with Crippen LogP contribution in [0.2, 0.25) is 0 Å². The molecule has 0 unspecified atom stereocenters. The van der Waals surface area contributed by atoms with Gasteiger partial charge in [0.1, 0.15) is 5.84 Å². The quantitative estimate of drug-likeness (QED) is 0.407. The fraction of sp³-hybridized carbons (Fsp3) is 0.393. The van der Waals surface area contributed by atoms with Gasteiger partial charge in [-0.1, -0.05) is 6.07 Å². The van der Waals surface area contributed by atoms with E-state index in [0.29, 0.717) is 50.1 Å². The molecule has 3 aliphatic heterocycles. The highest BCUT2D eigenvalue weighted by atomic mass is 16.5. The maximum Gasteiger partial charge on any atom is 0.259 e. The van der Waals surface area contributed by atoms with Crippen molar-refractivity contribution in [1.29, 1.82) is 0 Å². The number of hydrogen-bond acceptors (Lipinski definition) is 9. The van der Waals surface area contributed by atoms with E-state index < -0.39 is 24.0 Å². The minimum atomic E-state index is -1.78.